The number of piperidine rings is 1. The minimum atomic E-state index is 0.557. The molecule has 2 bridgehead atoms. The number of nitrogens with one attached hydrogen (secondary N) is 1. The van der Waals surface area contributed by atoms with Crippen molar-refractivity contribution >= 4 is 5.69 Å². The van der Waals surface area contributed by atoms with Crippen molar-refractivity contribution in [1.82, 2.24) is 4.90 Å². The smallest absolute Gasteiger partial charge is 0.0992 e. The Morgan fingerprint density at radius 1 is 1.26 bits per heavy atom. The Balaban J connectivity index is 1.74. The molecule has 0 aliphatic carbocycles. The molecule has 2 fully saturated rings. The summed E-state index contributed by atoms with van der Waals surface area (Å²) in [6, 6.07) is 10.2. The first-order valence-electron chi connectivity index (χ1n) is 7.16. The van der Waals surface area contributed by atoms with E-state index < -0.39 is 0 Å². The fraction of sp³-hybridized carbons (Fsp3) is 0.562. The van der Waals surface area contributed by atoms with E-state index in [2.05, 4.69) is 30.3 Å². The Hall–Kier alpha value is -1.53. The fourth-order valence-electron chi connectivity index (χ4n) is 3.60. The number of fused-ring (bicyclic) bond motifs is 2. The number of benzene rings is 1. The van der Waals surface area contributed by atoms with Crippen LogP contribution in [0.3, 0.4) is 0 Å². The molecule has 3 nitrogen and oxygen atoms in total. The molecular formula is C16H21N3. The second-order valence-corrected chi connectivity index (χ2v) is 6.00. The van der Waals surface area contributed by atoms with Crippen molar-refractivity contribution in [3.8, 4) is 6.07 Å². The van der Waals surface area contributed by atoms with Gasteiger partial charge in [-0.25, -0.2) is 0 Å². The van der Waals surface area contributed by atoms with Gasteiger partial charge in [0, 0.05) is 23.8 Å². The summed E-state index contributed by atoms with van der Waals surface area (Å²) in [5.74, 6) is 0. The average Bonchev–Trinajstić information content (AvgIpc) is 2.64. The van der Waals surface area contributed by atoms with E-state index in [1.165, 1.54) is 31.2 Å². The highest BCUT2D eigenvalue weighted by Crippen LogP contribution is 2.35. The third-order valence-corrected chi connectivity index (χ3v) is 4.82. The first kappa shape index (κ1) is 12.5. The summed E-state index contributed by atoms with van der Waals surface area (Å²) in [4.78, 5) is 2.55. The molecule has 0 spiro atoms. The van der Waals surface area contributed by atoms with Crippen molar-refractivity contribution in [2.45, 2.75) is 50.7 Å². The molecule has 2 saturated heterocycles. The Morgan fingerprint density at radius 2 is 1.95 bits per heavy atom. The second kappa shape index (κ2) is 4.86. The molecule has 1 aromatic rings. The predicted molar refractivity (Wildman–Crippen MR) is 77.1 cm³/mol. The number of nitrogens with zero attached hydrogens (tertiary/aromatic N) is 2. The first-order valence-corrected chi connectivity index (χ1v) is 7.16. The van der Waals surface area contributed by atoms with Gasteiger partial charge in [-0.05, 0) is 57.4 Å². The number of rotatable bonds is 2. The zero-order chi connectivity index (χ0) is 13.4. The molecule has 2 unspecified atom stereocenters. The van der Waals surface area contributed by atoms with E-state index in [0.29, 0.717) is 6.04 Å². The van der Waals surface area contributed by atoms with Crippen LogP contribution in [0.4, 0.5) is 5.69 Å². The first-order chi connectivity index (χ1) is 9.17. The highest BCUT2D eigenvalue weighted by molar-refractivity contribution is 5.55. The standard InChI is InChI=1S/C16H21N3/c1-11-3-4-12(10-17)7-16(11)18-13-8-14-5-6-15(9-13)19(14)2/h3-4,7,13-15,18H,5-6,8-9H2,1-2H3. The van der Waals surface area contributed by atoms with Gasteiger partial charge in [-0.15, -0.1) is 0 Å². The van der Waals surface area contributed by atoms with E-state index in [0.717, 1.165) is 23.3 Å². The van der Waals surface area contributed by atoms with Gasteiger partial charge in [0.1, 0.15) is 0 Å². The van der Waals surface area contributed by atoms with E-state index in [1.807, 2.05) is 18.2 Å². The summed E-state index contributed by atoms with van der Waals surface area (Å²) in [6.07, 6.45) is 5.14. The van der Waals surface area contributed by atoms with Crippen LogP contribution in [0.5, 0.6) is 0 Å². The second-order valence-electron chi connectivity index (χ2n) is 6.00. The van der Waals surface area contributed by atoms with Crippen LogP contribution in [-0.2, 0) is 0 Å². The number of nitriles is 1. The third-order valence-electron chi connectivity index (χ3n) is 4.82. The largest absolute Gasteiger partial charge is 0.382 e. The van der Waals surface area contributed by atoms with Crippen molar-refractivity contribution in [3.63, 3.8) is 0 Å². The third kappa shape index (κ3) is 2.33. The summed E-state index contributed by atoms with van der Waals surface area (Å²) < 4.78 is 0. The van der Waals surface area contributed by atoms with Crippen LogP contribution < -0.4 is 5.32 Å². The molecule has 0 aromatic heterocycles. The fourth-order valence-corrected chi connectivity index (χ4v) is 3.60. The van der Waals surface area contributed by atoms with Crippen LogP contribution in [0, 0.1) is 18.3 Å². The molecule has 100 valence electrons. The van der Waals surface area contributed by atoms with Gasteiger partial charge < -0.3 is 10.2 Å². The molecule has 1 aromatic carbocycles. The Bertz CT molecular complexity index is 503. The molecule has 2 aliphatic rings. The van der Waals surface area contributed by atoms with Gasteiger partial charge >= 0.3 is 0 Å². The maximum Gasteiger partial charge on any atom is 0.0992 e. The van der Waals surface area contributed by atoms with Gasteiger partial charge in [0.2, 0.25) is 0 Å². The summed E-state index contributed by atoms with van der Waals surface area (Å²) in [5, 5.41) is 12.7. The summed E-state index contributed by atoms with van der Waals surface area (Å²) >= 11 is 0. The zero-order valence-electron chi connectivity index (χ0n) is 11.7. The molecule has 0 saturated carbocycles. The van der Waals surface area contributed by atoms with Crippen molar-refractivity contribution in [2.75, 3.05) is 12.4 Å². The molecule has 0 radical (unpaired) electrons. The maximum atomic E-state index is 9.00. The molecule has 2 aliphatic heterocycles. The van der Waals surface area contributed by atoms with Crippen molar-refractivity contribution in [3.05, 3.63) is 29.3 Å². The molecule has 3 rings (SSSR count). The normalized spacial score (nSPS) is 30.1. The lowest BCUT2D eigenvalue weighted by molar-refractivity contribution is 0.169. The van der Waals surface area contributed by atoms with Crippen LogP contribution in [-0.4, -0.2) is 30.1 Å². The van der Waals surface area contributed by atoms with E-state index in [1.54, 1.807) is 0 Å². The molecule has 2 atom stereocenters. The van der Waals surface area contributed by atoms with E-state index in [-0.39, 0.29) is 0 Å². The van der Waals surface area contributed by atoms with Gasteiger partial charge in [-0.1, -0.05) is 6.07 Å². The quantitative estimate of drug-likeness (QED) is 0.883. The average molecular weight is 255 g/mol. The highest BCUT2D eigenvalue weighted by atomic mass is 15.2. The van der Waals surface area contributed by atoms with Crippen molar-refractivity contribution < 1.29 is 0 Å². The van der Waals surface area contributed by atoms with Crippen molar-refractivity contribution in [1.29, 1.82) is 5.26 Å². The van der Waals surface area contributed by atoms with Crippen LogP contribution in [0.15, 0.2) is 18.2 Å². The lowest BCUT2D eigenvalue weighted by Gasteiger charge is -2.37. The number of anilines is 1. The van der Waals surface area contributed by atoms with Gasteiger partial charge in [0.15, 0.2) is 0 Å². The molecule has 19 heavy (non-hydrogen) atoms. The predicted octanol–water partition coefficient (Wildman–Crippen LogP) is 2.90. The monoisotopic (exact) mass is 255 g/mol. The topological polar surface area (TPSA) is 39.1 Å². The molecular weight excluding hydrogens is 234 g/mol. The van der Waals surface area contributed by atoms with Crippen LogP contribution in [0.1, 0.15) is 36.8 Å². The summed E-state index contributed by atoms with van der Waals surface area (Å²) in [5.41, 5.74) is 3.10. The van der Waals surface area contributed by atoms with Crippen LogP contribution in [0.25, 0.3) is 0 Å². The minimum absolute atomic E-state index is 0.557. The number of hydrogen-bond acceptors (Lipinski definition) is 3. The summed E-state index contributed by atoms with van der Waals surface area (Å²) in [7, 11) is 2.26. The minimum Gasteiger partial charge on any atom is -0.382 e. The van der Waals surface area contributed by atoms with E-state index in [4.69, 9.17) is 5.26 Å². The lowest BCUT2D eigenvalue weighted by atomic mass is 9.97. The Labute approximate surface area is 115 Å². The molecule has 1 N–H and O–H groups in total. The van der Waals surface area contributed by atoms with Crippen LogP contribution in [0.2, 0.25) is 0 Å². The van der Waals surface area contributed by atoms with Gasteiger partial charge in [-0.3, -0.25) is 0 Å². The number of aryl methyl sites for hydroxylation is 1. The number of hydrogen-bond donors (Lipinski definition) is 1. The SMILES string of the molecule is Cc1ccc(C#N)cc1NC1CC2CCC(C1)N2C. The van der Waals surface area contributed by atoms with Crippen molar-refractivity contribution in [2.24, 2.45) is 0 Å². The van der Waals surface area contributed by atoms with E-state index >= 15 is 0 Å². The molecule has 0 amide bonds. The van der Waals surface area contributed by atoms with Gasteiger partial charge in [0.25, 0.3) is 0 Å². The molecule has 2 heterocycles. The van der Waals surface area contributed by atoms with E-state index in [9.17, 15) is 0 Å². The molecule has 3 heteroatoms. The summed E-state index contributed by atoms with van der Waals surface area (Å²) in [6.45, 7) is 2.10. The Kier molecular flexibility index (Phi) is 3.20. The van der Waals surface area contributed by atoms with Gasteiger partial charge in [0.05, 0.1) is 11.6 Å². The maximum absolute atomic E-state index is 9.00. The zero-order valence-corrected chi connectivity index (χ0v) is 11.7. The van der Waals surface area contributed by atoms with Crippen LogP contribution >= 0.6 is 0 Å². The van der Waals surface area contributed by atoms with Gasteiger partial charge in [-0.2, -0.15) is 5.26 Å². The highest BCUT2D eigenvalue weighted by Gasteiger charge is 2.38. The lowest BCUT2D eigenvalue weighted by Crippen LogP contribution is -2.44. The Morgan fingerprint density at radius 3 is 2.58 bits per heavy atom.